The molecule has 0 saturated heterocycles. The van der Waals surface area contributed by atoms with Crippen LogP contribution >= 0.6 is 0 Å². The van der Waals surface area contributed by atoms with Crippen molar-refractivity contribution in [3.63, 3.8) is 0 Å². The minimum absolute atomic E-state index is 0. The Morgan fingerprint density at radius 1 is 0.963 bits per heavy atom. The van der Waals surface area contributed by atoms with Crippen molar-refractivity contribution < 1.29 is 5.84 Å². The number of hydrogen-bond donors (Lipinski definition) is 1. The molecule has 2 heterocycles. The van der Waals surface area contributed by atoms with Gasteiger partial charge in [-0.2, -0.15) is 10.1 Å². The molecule has 2 aromatic carbocycles. The van der Waals surface area contributed by atoms with Crippen molar-refractivity contribution in [2.75, 3.05) is 12.4 Å². The van der Waals surface area contributed by atoms with Gasteiger partial charge in [0.1, 0.15) is 17.9 Å². The fourth-order valence-corrected chi connectivity index (χ4v) is 2.65. The lowest BCUT2D eigenvalue weighted by molar-refractivity contribution is 0.463. The molecule has 1 N–H and O–H groups in total. The van der Waals surface area contributed by atoms with E-state index in [0.717, 1.165) is 11.1 Å². The van der Waals surface area contributed by atoms with Crippen LogP contribution in [0.5, 0.6) is 0 Å². The van der Waals surface area contributed by atoms with Gasteiger partial charge < -0.3 is 9.73 Å². The second-order valence-corrected chi connectivity index (χ2v) is 5.73. The molecule has 0 spiro atoms. The molecular formula is C19H18N6O2. The minimum Gasteiger partial charge on any atom is -0.406 e. The third-order valence-corrected chi connectivity index (χ3v) is 3.93. The molecule has 0 radical (unpaired) electrons. The Bertz CT molecular complexity index is 1110. The summed E-state index contributed by atoms with van der Waals surface area (Å²) < 4.78 is 6.62. The summed E-state index contributed by atoms with van der Waals surface area (Å²) in [7, 11) is 1.67. The maximum Gasteiger partial charge on any atom is 0.365 e. The monoisotopic (exact) mass is 362 g/mol. The van der Waals surface area contributed by atoms with Gasteiger partial charge in [-0.3, -0.25) is 0 Å². The van der Waals surface area contributed by atoms with Gasteiger partial charge in [0, 0.05) is 19.6 Å². The SMILES string of the molecule is CNc1nnc(Cn2nc(-c3ccccc3)c(-c3ccccc3)nc2=O)o1.[HH]. The van der Waals surface area contributed by atoms with E-state index in [9.17, 15) is 4.79 Å². The van der Waals surface area contributed by atoms with Crippen molar-refractivity contribution in [3.05, 3.63) is 77.0 Å². The number of hydrogen-bond acceptors (Lipinski definition) is 7. The van der Waals surface area contributed by atoms with E-state index in [1.54, 1.807) is 7.05 Å². The van der Waals surface area contributed by atoms with E-state index in [0.29, 0.717) is 11.4 Å². The third kappa shape index (κ3) is 3.45. The van der Waals surface area contributed by atoms with Crippen LogP contribution in [-0.2, 0) is 6.54 Å². The largest absolute Gasteiger partial charge is 0.406 e. The molecule has 0 aliphatic rings. The second kappa shape index (κ2) is 7.20. The Morgan fingerprint density at radius 3 is 2.19 bits per heavy atom. The highest BCUT2D eigenvalue weighted by atomic mass is 16.4. The van der Waals surface area contributed by atoms with E-state index < -0.39 is 5.69 Å². The van der Waals surface area contributed by atoms with Crippen molar-refractivity contribution in [2.45, 2.75) is 6.54 Å². The minimum atomic E-state index is -0.488. The highest BCUT2D eigenvalue weighted by Gasteiger charge is 2.16. The standard InChI is InChI=1S/C19H16N6O2.H2/c1-20-18-23-22-15(27-18)12-25-19(26)21-16(13-8-4-2-5-9-13)17(24-25)14-10-6-3-7-11-14;/h2-11H,12H2,1H3,(H,20,23);1H. The highest BCUT2D eigenvalue weighted by Crippen LogP contribution is 2.27. The maximum absolute atomic E-state index is 12.6. The zero-order valence-corrected chi connectivity index (χ0v) is 14.5. The fourth-order valence-electron chi connectivity index (χ4n) is 2.65. The van der Waals surface area contributed by atoms with Crippen LogP contribution in [0.1, 0.15) is 7.32 Å². The Labute approximate surface area is 156 Å². The molecule has 8 heteroatoms. The predicted octanol–water partition coefficient (Wildman–Crippen LogP) is 2.69. The molecule has 0 fully saturated rings. The molecule has 0 aliphatic heterocycles. The summed E-state index contributed by atoms with van der Waals surface area (Å²) in [6.07, 6.45) is 0. The summed E-state index contributed by atoms with van der Waals surface area (Å²) in [5, 5.41) is 15.0. The van der Waals surface area contributed by atoms with Gasteiger partial charge in [-0.25, -0.2) is 9.48 Å². The van der Waals surface area contributed by atoms with E-state index in [1.807, 2.05) is 60.7 Å². The lowest BCUT2D eigenvalue weighted by atomic mass is 10.0. The lowest BCUT2D eigenvalue weighted by Gasteiger charge is -2.10. The molecule has 8 nitrogen and oxygen atoms in total. The smallest absolute Gasteiger partial charge is 0.365 e. The second-order valence-electron chi connectivity index (χ2n) is 5.73. The topological polar surface area (TPSA) is 98.7 Å². The first-order valence-corrected chi connectivity index (χ1v) is 8.35. The average molecular weight is 362 g/mol. The van der Waals surface area contributed by atoms with E-state index in [2.05, 4.69) is 25.6 Å². The zero-order chi connectivity index (χ0) is 18.6. The van der Waals surface area contributed by atoms with Gasteiger partial charge in [0.15, 0.2) is 0 Å². The quantitative estimate of drug-likeness (QED) is 0.583. The summed E-state index contributed by atoms with van der Waals surface area (Å²) in [6, 6.07) is 19.4. The fraction of sp³-hybridized carbons (Fsp3) is 0.105. The predicted molar refractivity (Wildman–Crippen MR) is 102 cm³/mol. The van der Waals surface area contributed by atoms with E-state index in [1.165, 1.54) is 4.68 Å². The first-order chi connectivity index (χ1) is 13.2. The Balaban J connectivity index is 0.00000225. The number of nitrogens with zero attached hydrogens (tertiary/aromatic N) is 5. The molecular weight excluding hydrogens is 344 g/mol. The van der Waals surface area contributed by atoms with Gasteiger partial charge in [0.05, 0.1) is 0 Å². The van der Waals surface area contributed by atoms with Crippen LogP contribution in [-0.4, -0.2) is 32.0 Å². The summed E-state index contributed by atoms with van der Waals surface area (Å²) in [4.78, 5) is 16.8. The van der Waals surface area contributed by atoms with Crippen molar-refractivity contribution in [3.8, 4) is 22.5 Å². The maximum atomic E-state index is 12.6. The molecule has 27 heavy (non-hydrogen) atoms. The van der Waals surface area contributed by atoms with Crippen LogP contribution in [0.2, 0.25) is 0 Å². The average Bonchev–Trinajstić information content (AvgIpc) is 3.18. The molecule has 4 rings (SSSR count). The van der Waals surface area contributed by atoms with Crippen LogP contribution in [0.15, 0.2) is 69.9 Å². The number of rotatable bonds is 5. The molecule has 2 aromatic heterocycles. The molecule has 0 saturated carbocycles. The molecule has 0 aliphatic carbocycles. The van der Waals surface area contributed by atoms with E-state index >= 15 is 0 Å². The lowest BCUT2D eigenvalue weighted by Crippen LogP contribution is -2.27. The van der Waals surface area contributed by atoms with Crippen molar-refractivity contribution in [1.82, 2.24) is 25.0 Å². The molecule has 4 aromatic rings. The Morgan fingerprint density at radius 2 is 1.59 bits per heavy atom. The Hall–Kier alpha value is -3.81. The highest BCUT2D eigenvalue weighted by molar-refractivity contribution is 5.77. The van der Waals surface area contributed by atoms with Gasteiger partial charge in [0.25, 0.3) is 0 Å². The van der Waals surface area contributed by atoms with Gasteiger partial charge >= 0.3 is 11.7 Å². The van der Waals surface area contributed by atoms with Crippen LogP contribution in [0.3, 0.4) is 0 Å². The van der Waals surface area contributed by atoms with Crippen molar-refractivity contribution in [2.24, 2.45) is 0 Å². The molecule has 0 amide bonds. The van der Waals surface area contributed by atoms with Crippen LogP contribution in [0.4, 0.5) is 6.01 Å². The summed E-state index contributed by atoms with van der Waals surface area (Å²) >= 11 is 0. The third-order valence-electron chi connectivity index (χ3n) is 3.93. The molecule has 0 atom stereocenters. The molecule has 0 unspecified atom stereocenters. The number of anilines is 1. The molecule has 0 bridgehead atoms. The van der Waals surface area contributed by atoms with Crippen molar-refractivity contribution in [1.29, 1.82) is 0 Å². The van der Waals surface area contributed by atoms with Gasteiger partial charge in [0.2, 0.25) is 5.89 Å². The van der Waals surface area contributed by atoms with Gasteiger partial charge in [-0.05, 0) is 0 Å². The number of benzene rings is 2. The first kappa shape index (κ1) is 16.6. The molecule has 136 valence electrons. The van der Waals surface area contributed by atoms with Crippen LogP contribution < -0.4 is 11.0 Å². The van der Waals surface area contributed by atoms with Crippen molar-refractivity contribution >= 4 is 6.01 Å². The normalized spacial score (nSPS) is 10.7. The van der Waals surface area contributed by atoms with Gasteiger partial charge in [-0.15, -0.1) is 5.10 Å². The first-order valence-electron chi connectivity index (χ1n) is 8.35. The number of nitrogens with one attached hydrogen (secondary N) is 1. The van der Waals surface area contributed by atoms with Crippen LogP contribution in [0, 0.1) is 0 Å². The number of aromatic nitrogens is 5. The zero-order valence-electron chi connectivity index (χ0n) is 14.5. The van der Waals surface area contributed by atoms with Crippen LogP contribution in [0.25, 0.3) is 22.5 Å². The van der Waals surface area contributed by atoms with E-state index in [4.69, 9.17) is 4.42 Å². The Kier molecular flexibility index (Phi) is 4.44. The summed E-state index contributed by atoms with van der Waals surface area (Å²) in [5.74, 6) is 0.266. The summed E-state index contributed by atoms with van der Waals surface area (Å²) in [6.45, 7) is 0.0371. The summed E-state index contributed by atoms with van der Waals surface area (Å²) in [5.41, 5.74) is 2.33. The van der Waals surface area contributed by atoms with E-state index in [-0.39, 0.29) is 19.9 Å². The van der Waals surface area contributed by atoms with Gasteiger partial charge in [-0.1, -0.05) is 65.8 Å².